The second-order valence-electron chi connectivity index (χ2n) is 4.95. The number of hydrogen-bond donors (Lipinski definition) is 1. The first kappa shape index (κ1) is 13.9. The molecular formula is C17H17N3S. The Bertz CT molecular complexity index is 707. The van der Waals surface area contributed by atoms with Crippen molar-refractivity contribution in [2.24, 2.45) is 0 Å². The van der Waals surface area contributed by atoms with Gasteiger partial charge in [0.15, 0.2) is 0 Å². The summed E-state index contributed by atoms with van der Waals surface area (Å²) in [4.78, 5) is 9.82. The summed E-state index contributed by atoms with van der Waals surface area (Å²) in [5, 5.41) is 4.51. The van der Waals surface area contributed by atoms with E-state index >= 15 is 0 Å². The molecule has 1 N–H and O–H groups in total. The Balaban J connectivity index is 1.60. The highest BCUT2D eigenvalue weighted by molar-refractivity contribution is 7.15. The summed E-state index contributed by atoms with van der Waals surface area (Å²) < 4.78 is 0. The maximum atomic E-state index is 4.49. The van der Waals surface area contributed by atoms with Gasteiger partial charge < -0.3 is 5.32 Å². The second-order valence-corrected chi connectivity index (χ2v) is 6.07. The molecule has 2 aromatic heterocycles. The van der Waals surface area contributed by atoms with Crippen molar-refractivity contribution in [1.82, 2.24) is 15.3 Å². The second kappa shape index (κ2) is 6.61. The highest BCUT2D eigenvalue weighted by Crippen LogP contribution is 2.26. The Labute approximate surface area is 128 Å². The molecule has 0 unspecified atom stereocenters. The number of benzene rings is 1. The number of pyridine rings is 1. The molecule has 21 heavy (non-hydrogen) atoms. The fourth-order valence-electron chi connectivity index (χ4n) is 2.14. The Hall–Kier alpha value is -2.04. The maximum absolute atomic E-state index is 4.49. The van der Waals surface area contributed by atoms with Crippen LogP contribution in [0, 0.1) is 6.92 Å². The highest BCUT2D eigenvalue weighted by Gasteiger charge is 2.04. The van der Waals surface area contributed by atoms with Gasteiger partial charge in [0.05, 0.1) is 4.88 Å². The standard InChI is InChI=1S/C17H17N3S/c1-13-4-2-6-15(8-13)16-11-20-17(21-16)12-19-10-14-5-3-7-18-9-14/h2-9,11,19H,10,12H2,1H3. The van der Waals surface area contributed by atoms with E-state index in [2.05, 4.69) is 52.5 Å². The number of thiazole rings is 1. The minimum absolute atomic E-state index is 0.783. The van der Waals surface area contributed by atoms with E-state index < -0.39 is 0 Å². The molecule has 0 saturated carbocycles. The van der Waals surface area contributed by atoms with Crippen LogP contribution >= 0.6 is 11.3 Å². The normalized spacial score (nSPS) is 10.7. The Morgan fingerprint density at radius 3 is 2.86 bits per heavy atom. The van der Waals surface area contributed by atoms with E-state index in [-0.39, 0.29) is 0 Å². The third-order valence-electron chi connectivity index (χ3n) is 3.18. The van der Waals surface area contributed by atoms with Crippen molar-refractivity contribution in [3.8, 4) is 10.4 Å². The number of aromatic nitrogens is 2. The van der Waals surface area contributed by atoms with Crippen molar-refractivity contribution in [3.05, 3.63) is 71.1 Å². The van der Waals surface area contributed by atoms with Gasteiger partial charge in [0.2, 0.25) is 0 Å². The summed E-state index contributed by atoms with van der Waals surface area (Å²) in [6, 6.07) is 12.6. The van der Waals surface area contributed by atoms with Gasteiger partial charge >= 0.3 is 0 Å². The Morgan fingerprint density at radius 2 is 2.05 bits per heavy atom. The molecule has 4 heteroatoms. The molecule has 0 saturated heterocycles. The molecule has 106 valence electrons. The number of nitrogens with zero attached hydrogens (tertiary/aromatic N) is 2. The molecule has 0 aliphatic carbocycles. The van der Waals surface area contributed by atoms with E-state index in [1.54, 1.807) is 17.5 Å². The topological polar surface area (TPSA) is 37.8 Å². The lowest BCUT2D eigenvalue weighted by atomic mass is 10.1. The summed E-state index contributed by atoms with van der Waals surface area (Å²) >= 11 is 1.74. The molecule has 0 spiro atoms. The fourth-order valence-corrected chi connectivity index (χ4v) is 3.02. The van der Waals surface area contributed by atoms with Crippen LogP contribution in [0.4, 0.5) is 0 Å². The zero-order chi connectivity index (χ0) is 14.5. The van der Waals surface area contributed by atoms with Crippen LogP contribution in [0.2, 0.25) is 0 Å². The van der Waals surface area contributed by atoms with Gasteiger partial charge in [-0.3, -0.25) is 4.98 Å². The van der Waals surface area contributed by atoms with Crippen LogP contribution in [0.25, 0.3) is 10.4 Å². The highest BCUT2D eigenvalue weighted by atomic mass is 32.1. The molecule has 1 aromatic carbocycles. The molecule has 0 aliphatic rings. The summed E-state index contributed by atoms with van der Waals surface area (Å²) in [5.41, 5.74) is 3.70. The first-order valence-corrected chi connectivity index (χ1v) is 7.74. The third kappa shape index (κ3) is 3.74. The van der Waals surface area contributed by atoms with Gasteiger partial charge in [-0.25, -0.2) is 4.98 Å². The molecule has 0 amide bonds. The largest absolute Gasteiger partial charge is 0.306 e. The number of aryl methyl sites for hydroxylation is 1. The fraction of sp³-hybridized carbons (Fsp3) is 0.176. The molecular weight excluding hydrogens is 278 g/mol. The van der Waals surface area contributed by atoms with Crippen LogP contribution in [0.1, 0.15) is 16.1 Å². The van der Waals surface area contributed by atoms with E-state index in [9.17, 15) is 0 Å². The van der Waals surface area contributed by atoms with Gasteiger partial charge in [-0.05, 0) is 24.1 Å². The number of rotatable bonds is 5. The number of hydrogen-bond acceptors (Lipinski definition) is 4. The monoisotopic (exact) mass is 295 g/mol. The first-order valence-electron chi connectivity index (χ1n) is 6.92. The molecule has 0 radical (unpaired) electrons. The van der Waals surface area contributed by atoms with Crippen LogP contribution in [0.15, 0.2) is 55.0 Å². The molecule has 0 fully saturated rings. The van der Waals surface area contributed by atoms with Crippen LogP contribution in [-0.4, -0.2) is 9.97 Å². The third-order valence-corrected chi connectivity index (χ3v) is 4.23. The van der Waals surface area contributed by atoms with E-state index in [1.165, 1.54) is 21.6 Å². The van der Waals surface area contributed by atoms with E-state index in [0.717, 1.165) is 18.1 Å². The molecule has 0 bridgehead atoms. The van der Waals surface area contributed by atoms with Crippen molar-refractivity contribution >= 4 is 11.3 Å². The zero-order valence-electron chi connectivity index (χ0n) is 11.9. The zero-order valence-corrected chi connectivity index (χ0v) is 12.7. The summed E-state index contributed by atoms with van der Waals surface area (Å²) in [5.74, 6) is 0. The van der Waals surface area contributed by atoms with E-state index in [4.69, 9.17) is 0 Å². The predicted octanol–water partition coefficient (Wildman–Crippen LogP) is 3.80. The van der Waals surface area contributed by atoms with Gasteiger partial charge in [0, 0.05) is 31.7 Å². The van der Waals surface area contributed by atoms with Crippen molar-refractivity contribution in [2.45, 2.75) is 20.0 Å². The quantitative estimate of drug-likeness (QED) is 0.778. The van der Waals surface area contributed by atoms with Gasteiger partial charge in [0.25, 0.3) is 0 Å². The molecule has 0 aliphatic heterocycles. The Kier molecular flexibility index (Phi) is 4.38. The van der Waals surface area contributed by atoms with Gasteiger partial charge in [-0.15, -0.1) is 11.3 Å². The summed E-state index contributed by atoms with van der Waals surface area (Å²) in [6.07, 6.45) is 5.63. The Morgan fingerprint density at radius 1 is 1.10 bits per heavy atom. The van der Waals surface area contributed by atoms with Crippen LogP contribution in [0.3, 0.4) is 0 Å². The van der Waals surface area contributed by atoms with E-state index in [0.29, 0.717) is 0 Å². The van der Waals surface area contributed by atoms with Crippen LogP contribution < -0.4 is 5.32 Å². The van der Waals surface area contributed by atoms with Gasteiger partial charge in [0.1, 0.15) is 5.01 Å². The van der Waals surface area contributed by atoms with Crippen LogP contribution in [0.5, 0.6) is 0 Å². The summed E-state index contributed by atoms with van der Waals surface area (Å²) in [6.45, 7) is 3.71. The lowest BCUT2D eigenvalue weighted by Crippen LogP contribution is -2.12. The van der Waals surface area contributed by atoms with E-state index in [1.807, 2.05) is 18.5 Å². The smallest absolute Gasteiger partial charge is 0.107 e. The van der Waals surface area contributed by atoms with Gasteiger partial charge in [-0.1, -0.05) is 35.9 Å². The van der Waals surface area contributed by atoms with Gasteiger partial charge in [-0.2, -0.15) is 0 Å². The SMILES string of the molecule is Cc1cccc(-c2cnc(CNCc3cccnc3)s2)c1. The lowest BCUT2D eigenvalue weighted by Gasteiger charge is -2.01. The minimum Gasteiger partial charge on any atom is -0.306 e. The minimum atomic E-state index is 0.783. The van der Waals surface area contributed by atoms with Crippen molar-refractivity contribution < 1.29 is 0 Å². The lowest BCUT2D eigenvalue weighted by molar-refractivity contribution is 0.688. The maximum Gasteiger partial charge on any atom is 0.107 e. The molecule has 3 rings (SSSR count). The number of nitrogens with one attached hydrogen (secondary N) is 1. The molecule has 3 nitrogen and oxygen atoms in total. The average Bonchev–Trinajstić information content (AvgIpc) is 2.97. The molecule has 2 heterocycles. The average molecular weight is 295 g/mol. The predicted molar refractivity (Wildman–Crippen MR) is 87.1 cm³/mol. The molecule has 0 atom stereocenters. The van der Waals surface area contributed by atoms with Crippen molar-refractivity contribution in [1.29, 1.82) is 0 Å². The van der Waals surface area contributed by atoms with Crippen molar-refractivity contribution in [2.75, 3.05) is 0 Å². The first-order chi connectivity index (χ1) is 10.3. The van der Waals surface area contributed by atoms with Crippen LogP contribution in [-0.2, 0) is 13.1 Å². The van der Waals surface area contributed by atoms with Crippen molar-refractivity contribution in [3.63, 3.8) is 0 Å². The molecule has 3 aromatic rings. The summed E-state index contributed by atoms with van der Waals surface area (Å²) in [7, 11) is 0.